The second-order valence-corrected chi connectivity index (χ2v) is 2.69. The summed E-state index contributed by atoms with van der Waals surface area (Å²) in [4.78, 5) is 2.37. The quantitative estimate of drug-likeness (QED) is 0.539. The summed E-state index contributed by atoms with van der Waals surface area (Å²) in [6, 6.07) is 0. The predicted octanol–water partition coefficient (Wildman–Crippen LogP) is 0.893. The van der Waals surface area contributed by atoms with Crippen molar-refractivity contribution in [1.82, 2.24) is 4.90 Å². The topological polar surface area (TPSA) is 12.5 Å². The minimum atomic E-state index is 0.491. The van der Waals surface area contributed by atoms with E-state index < -0.39 is 0 Å². The van der Waals surface area contributed by atoms with Crippen molar-refractivity contribution in [3.8, 4) is 0 Å². The monoisotopic (exact) mass is 141 g/mol. The van der Waals surface area contributed by atoms with E-state index in [0.717, 1.165) is 26.1 Å². The Kier molecular flexibility index (Phi) is 2.90. The molecule has 2 heteroatoms. The van der Waals surface area contributed by atoms with Gasteiger partial charge in [-0.2, -0.15) is 0 Å². The van der Waals surface area contributed by atoms with Gasteiger partial charge < -0.3 is 4.74 Å². The van der Waals surface area contributed by atoms with Gasteiger partial charge in [0.2, 0.25) is 0 Å². The first kappa shape index (κ1) is 7.76. The van der Waals surface area contributed by atoms with Gasteiger partial charge in [-0.3, -0.25) is 4.90 Å². The molecule has 0 aromatic carbocycles. The molecule has 0 spiro atoms. The van der Waals surface area contributed by atoms with Crippen molar-refractivity contribution in [2.24, 2.45) is 0 Å². The van der Waals surface area contributed by atoms with E-state index in [1.165, 1.54) is 0 Å². The first-order valence-corrected chi connectivity index (χ1v) is 3.73. The van der Waals surface area contributed by atoms with Gasteiger partial charge in [-0.1, -0.05) is 6.08 Å². The number of hydrogen-bond acceptors (Lipinski definition) is 2. The van der Waals surface area contributed by atoms with Crippen LogP contribution >= 0.6 is 0 Å². The highest BCUT2D eigenvalue weighted by atomic mass is 16.5. The third-order valence-electron chi connectivity index (χ3n) is 1.91. The lowest BCUT2D eigenvalue weighted by Crippen LogP contribution is -2.51. The van der Waals surface area contributed by atoms with Crippen LogP contribution in [0.3, 0.4) is 0 Å². The fraction of sp³-hybridized carbons (Fsp3) is 0.750. The molecule has 0 aliphatic carbocycles. The molecule has 10 heavy (non-hydrogen) atoms. The smallest absolute Gasteiger partial charge is 0.0824 e. The highest BCUT2D eigenvalue weighted by Gasteiger charge is 2.24. The molecule has 58 valence electrons. The van der Waals surface area contributed by atoms with Crippen molar-refractivity contribution < 1.29 is 4.74 Å². The Morgan fingerprint density at radius 1 is 1.70 bits per heavy atom. The van der Waals surface area contributed by atoms with Crippen molar-refractivity contribution in [1.29, 1.82) is 0 Å². The van der Waals surface area contributed by atoms with Gasteiger partial charge >= 0.3 is 0 Å². The molecule has 0 bridgehead atoms. The first-order chi connectivity index (χ1) is 4.86. The van der Waals surface area contributed by atoms with Gasteiger partial charge in [0.25, 0.3) is 0 Å². The minimum absolute atomic E-state index is 0.491. The standard InChI is InChI=1S/C8H15NO/c1-3-4-5-9-6-8(7-9)10-2/h3,8H,1,4-7H2,2H3. The number of methoxy groups -OCH3 is 1. The molecule has 0 aromatic heterocycles. The van der Waals surface area contributed by atoms with Crippen molar-refractivity contribution in [2.45, 2.75) is 12.5 Å². The van der Waals surface area contributed by atoms with E-state index in [1.54, 1.807) is 7.11 Å². The molecule has 1 aliphatic rings. The van der Waals surface area contributed by atoms with Gasteiger partial charge in [0.05, 0.1) is 6.10 Å². The third-order valence-corrected chi connectivity index (χ3v) is 1.91. The molecule has 1 saturated heterocycles. The average Bonchev–Trinajstić information content (AvgIpc) is 1.86. The fourth-order valence-corrected chi connectivity index (χ4v) is 1.13. The maximum Gasteiger partial charge on any atom is 0.0824 e. The highest BCUT2D eigenvalue weighted by Crippen LogP contribution is 2.10. The number of rotatable bonds is 4. The second-order valence-electron chi connectivity index (χ2n) is 2.69. The van der Waals surface area contributed by atoms with Crippen LogP contribution in [0.2, 0.25) is 0 Å². The zero-order valence-corrected chi connectivity index (χ0v) is 6.55. The summed E-state index contributed by atoms with van der Waals surface area (Å²) >= 11 is 0. The van der Waals surface area contributed by atoms with Gasteiger partial charge in [0.1, 0.15) is 0 Å². The molecule has 0 radical (unpaired) electrons. The molecule has 1 heterocycles. The molecule has 1 rings (SSSR count). The summed E-state index contributed by atoms with van der Waals surface area (Å²) in [7, 11) is 1.77. The van der Waals surface area contributed by atoms with E-state index in [9.17, 15) is 0 Å². The maximum atomic E-state index is 5.13. The van der Waals surface area contributed by atoms with Gasteiger partial charge in [0, 0.05) is 26.7 Å². The second kappa shape index (κ2) is 3.74. The van der Waals surface area contributed by atoms with Gasteiger partial charge in [-0.25, -0.2) is 0 Å². The summed E-state index contributed by atoms with van der Waals surface area (Å²) in [5.74, 6) is 0. The van der Waals surface area contributed by atoms with Gasteiger partial charge in [0.15, 0.2) is 0 Å². The van der Waals surface area contributed by atoms with Gasteiger partial charge in [-0.05, 0) is 6.42 Å². The van der Waals surface area contributed by atoms with Crippen LogP contribution in [0.15, 0.2) is 12.7 Å². The summed E-state index contributed by atoms with van der Waals surface area (Å²) in [6.45, 7) is 7.02. The van der Waals surface area contributed by atoms with Crippen LogP contribution in [0.4, 0.5) is 0 Å². The Hall–Kier alpha value is -0.340. The van der Waals surface area contributed by atoms with E-state index in [1.807, 2.05) is 6.08 Å². The van der Waals surface area contributed by atoms with Crippen molar-refractivity contribution in [3.63, 3.8) is 0 Å². The zero-order valence-electron chi connectivity index (χ0n) is 6.55. The highest BCUT2D eigenvalue weighted by molar-refractivity contribution is 4.82. The number of hydrogen-bond donors (Lipinski definition) is 0. The van der Waals surface area contributed by atoms with Crippen molar-refractivity contribution in [3.05, 3.63) is 12.7 Å². The summed E-state index contributed by atoms with van der Waals surface area (Å²) in [6.07, 6.45) is 3.54. The van der Waals surface area contributed by atoms with E-state index in [2.05, 4.69) is 11.5 Å². The molecule has 0 aromatic rings. The zero-order chi connectivity index (χ0) is 7.40. The Morgan fingerprint density at radius 2 is 2.40 bits per heavy atom. The average molecular weight is 141 g/mol. The molecule has 0 N–H and O–H groups in total. The molecular weight excluding hydrogens is 126 g/mol. The fourth-order valence-electron chi connectivity index (χ4n) is 1.13. The van der Waals surface area contributed by atoms with Crippen LogP contribution in [0.1, 0.15) is 6.42 Å². The van der Waals surface area contributed by atoms with Crippen LogP contribution in [0.25, 0.3) is 0 Å². The molecule has 0 unspecified atom stereocenters. The molecule has 0 saturated carbocycles. The molecule has 0 atom stereocenters. The maximum absolute atomic E-state index is 5.13. The van der Waals surface area contributed by atoms with E-state index >= 15 is 0 Å². The van der Waals surface area contributed by atoms with E-state index in [-0.39, 0.29) is 0 Å². The summed E-state index contributed by atoms with van der Waals surface area (Å²) in [5, 5.41) is 0. The van der Waals surface area contributed by atoms with Crippen LogP contribution in [0.5, 0.6) is 0 Å². The third kappa shape index (κ3) is 1.82. The Balaban J connectivity index is 1.97. The Bertz CT molecular complexity index is 108. The lowest BCUT2D eigenvalue weighted by molar-refractivity contribution is -0.0281. The lowest BCUT2D eigenvalue weighted by atomic mass is 10.1. The molecule has 2 nitrogen and oxygen atoms in total. The molecule has 0 amide bonds. The summed E-state index contributed by atoms with van der Waals surface area (Å²) in [5.41, 5.74) is 0. The lowest BCUT2D eigenvalue weighted by Gasteiger charge is -2.37. The van der Waals surface area contributed by atoms with Crippen molar-refractivity contribution in [2.75, 3.05) is 26.7 Å². The first-order valence-electron chi connectivity index (χ1n) is 3.73. The van der Waals surface area contributed by atoms with E-state index in [4.69, 9.17) is 4.74 Å². The van der Waals surface area contributed by atoms with Gasteiger partial charge in [-0.15, -0.1) is 6.58 Å². The molecular formula is C8H15NO. The molecule has 1 aliphatic heterocycles. The van der Waals surface area contributed by atoms with Crippen molar-refractivity contribution >= 4 is 0 Å². The van der Waals surface area contributed by atoms with Crippen LogP contribution < -0.4 is 0 Å². The Labute approximate surface area is 62.5 Å². The van der Waals surface area contributed by atoms with Crippen LogP contribution in [-0.4, -0.2) is 37.7 Å². The minimum Gasteiger partial charge on any atom is -0.379 e. The number of ether oxygens (including phenoxy) is 1. The number of likely N-dealkylation sites (tertiary alicyclic amines) is 1. The summed E-state index contributed by atoms with van der Waals surface area (Å²) < 4.78 is 5.13. The number of nitrogens with zero attached hydrogens (tertiary/aromatic N) is 1. The SMILES string of the molecule is C=CCCN1CC(OC)C1. The van der Waals surface area contributed by atoms with Crippen LogP contribution in [0, 0.1) is 0 Å². The van der Waals surface area contributed by atoms with Crippen LogP contribution in [-0.2, 0) is 4.74 Å². The largest absolute Gasteiger partial charge is 0.379 e. The molecule has 1 fully saturated rings. The van der Waals surface area contributed by atoms with E-state index in [0.29, 0.717) is 6.10 Å². The normalized spacial score (nSPS) is 20.5. The Morgan fingerprint density at radius 3 is 2.90 bits per heavy atom. The predicted molar refractivity (Wildman–Crippen MR) is 42.1 cm³/mol.